The Morgan fingerprint density at radius 1 is 1.03 bits per heavy atom. The molecule has 2 aromatic carbocycles. The van der Waals surface area contributed by atoms with Crippen LogP contribution in [-0.2, 0) is 24.3 Å². The molecule has 0 spiro atoms. The first-order valence-corrected chi connectivity index (χ1v) is 12.2. The van der Waals surface area contributed by atoms with E-state index in [0.717, 1.165) is 29.5 Å². The number of methoxy groups -OCH3 is 2. The van der Waals surface area contributed by atoms with Crippen LogP contribution in [0.1, 0.15) is 25.3 Å². The third kappa shape index (κ3) is 5.43. The molecular weight excluding hydrogens is 456 g/mol. The summed E-state index contributed by atoms with van der Waals surface area (Å²) in [6.45, 7) is 3.17. The number of aromatic nitrogens is 3. The average Bonchev–Trinajstić information content (AvgIpc) is 3.27. The van der Waals surface area contributed by atoms with Gasteiger partial charge in [-0.1, -0.05) is 49.7 Å². The van der Waals surface area contributed by atoms with Crippen LogP contribution >= 0.6 is 0 Å². The van der Waals surface area contributed by atoms with Gasteiger partial charge in [0, 0.05) is 24.8 Å². The van der Waals surface area contributed by atoms with Crippen molar-refractivity contribution in [2.45, 2.75) is 39.3 Å². The van der Waals surface area contributed by atoms with E-state index in [1.807, 2.05) is 54.7 Å². The van der Waals surface area contributed by atoms with Gasteiger partial charge in [0.15, 0.2) is 11.5 Å². The van der Waals surface area contributed by atoms with Gasteiger partial charge >= 0.3 is 0 Å². The van der Waals surface area contributed by atoms with Crippen molar-refractivity contribution in [3.8, 4) is 22.6 Å². The molecule has 0 bridgehead atoms. The van der Waals surface area contributed by atoms with Crippen LogP contribution in [0.5, 0.6) is 11.5 Å². The Labute approximate surface area is 210 Å². The number of carbonyl (C=O) groups excluding carboxylic acids is 1. The predicted octanol–water partition coefficient (Wildman–Crippen LogP) is 4.04. The normalized spacial score (nSPS) is 11.0. The lowest BCUT2D eigenvalue weighted by atomic mass is 10.1. The molecule has 4 rings (SSSR count). The molecule has 2 heterocycles. The molecule has 0 saturated heterocycles. The predicted molar refractivity (Wildman–Crippen MR) is 141 cm³/mol. The molecule has 36 heavy (non-hydrogen) atoms. The van der Waals surface area contributed by atoms with Crippen LogP contribution in [0.25, 0.3) is 22.2 Å². The summed E-state index contributed by atoms with van der Waals surface area (Å²) in [6, 6.07) is 15.5. The quantitative estimate of drug-likeness (QED) is 0.344. The maximum absolute atomic E-state index is 13.3. The molecule has 0 saturated carbocycles. The number of unbranched alkanes of at least 4 members (excludes halogenated alkanes) is 1. The van der Waals surface area contributed by atoms with Gasteiger partial charge in [-0.25, -0.2) is 4.98 Å². The smallest absolute Gasteiger partial charge is 0.277 e. The zero-order valence-electron chi connectivity index (χ0n) is 21.0. The zero-order valence-corrected chi connectivity index (χ0v) is 21.0. The van der Waals surface area contributed by atoms with Gasteiger partial charge in [0.1, 0.15) is 17.6 Å². The first-order chi connectivity index (χ1) is 17.5. The van der Waals surface area contributed by atoms with Crippen LogP contribution < -0.4 is 20.3 Å². The number of benzene rings is 2. The summed E-state index contributed by atoms with van der Waals surface area (Å²) < 4.78 is 14.0. The Balaban J connectivity index is 1.55. The topological polar surface area (TPSA) is 87.4 Å². The Hall–Kier alpha value is -4.07. The zero-order chi connectivity index (χ0) is 25.5. The molecule has 4 aromatic rings. The van der Waals surface area contributed by atoms with Gasteiger partial charge in [-0.05, 0) is 36.1 Å². The highest BCUT2D eigenvalue weighted by Gasteiger charge is 2.18. The highest BCUT2D eigenvalue weighted by molar-refractivity contribution is 5.93. The van der Waals surface area contributed by atoms with Gasteiger partial charge in [-0.2, -0.15) is 0 Å². The molecule has 1 N–H and O–H groups in total. The fourth-order valence-electron chi connectivity index (χ4n) is 4.25. The molecule has 1 amide bonds. The van der Waals surface area contributed by atoms with Gasteiger partial charge in [0.25, 0.3) is 5.56 Å². The standard InChI is InChI=1S/C28H32N4O4/c1-4-5-15-31-19-30-26-22(21-9-7-6-8-10-21)17-32(27(26)28(31)34)18-25(33)29-14-13-20-11-12-23(35-2)24(16-20)36-3/h6-12,16-17,19H,4-5,13-15,18H2,1-3H3,(H,29,33). The lowest BCUT2D eigenvalue weighted by Gasteiger charge is -2.11. The summed E-state index contributed by atoms with van der Waals surface area (Å²) in [5.74, 6) is 1.15. The number of hydrogen-bond donors (Lipinski definition) is 1. The second kappa shape index (κ2) is 11.6. The van der Waals surface area contributed by atoms with Crippen LogP contribution in [0.15, 0.2) is 65.8 Å². The Bertz CT molecular complexity index is 1390. The molecule has 8 nitrogen and oxygen atoms in total. The van der Waals surface area contributed by atoms with Gasteiger partial charge in [-0.3, -0.25) is 14.2 Å². The van der Waals surface area contributed by atoms with E-state index in [-0.39, 0.29) is 18.0 Å². The van der Waals surface area contributed by atoms with Crippen molar-refractivity contribution in [1.82, 2.24) is 19.4 Å². The van der Waals surface area contributed by atoms with Gasteiger partial charge in [0.05, 0.1) is 20.5 Å². The number of aryl methyl sites for hydroxylation is 1. The second-order valence-electron chi connectivity index (χ2n) is 8.62. The SMILES string of the molecule is CCCCn1cnc2c(-c3ccccc3)cn(CC(=O)NCCc3ccc(OC)c(OC)c3)c2c1=O. The fraction of sp³-hybridized carbons (Fsp3) is 0.321. The maximum Gasteiger partial charge on any atom is 0.277 e. The summed E-state index contributed by atoms with van der Waals surface area (Å²) in [7, 11) is 3.19. The number of nitrogens with zero attached hydrogens (tertiary/aromatic N) is 3. The first kappa shape index (κ1) is 25.0. The van der Waals surface area contributed by atoms with E-state index in [4.69, 9.17) is 9.47 Å². The number of ether oxygens (including phenoxy) is 2. The highest BCUT2D eigenvalue weighted by atomic mass is 16.5. The average molecular weight is 489 g/mol. The van der Waals surface area contributed by atoms with Gasteiger partial charge in [-0.15, -0.1) is 0 Å². The molecule has 0 unspecified atom stereocenters. The molecule has 0 atom stereocenters. The molecule has 0 aliphatic heterocycles. The number of carbonyl (C=O) groups is 1. The monoisotopic (exact) mass is 488 g/mol. The first-order valence-electron chi connectivity index (χ1n) is 12.2. The molecule has 0 aliphatic rings. The minimum absolute atomic E-state index is 0.0317. The Kier molecular flexibility index (Phi) is 8.05. The van der Waals surface area contributed by atoms with Crippen molar-refractivity contribution >= 4 is 16.9 Å². The summed E-state index contributed by atoms with van der Waals surface area (Å²) in [6.07, 6.45) is 5.96. The van der Waals surface area contributed by atoms with E-state index in [1.165, 1.54) is 0 Å². The molecule has 0 radical (unpaired) electrons. The van der Waals surface area contributed by atoms with Crippen molar-refractivity contribution in [1.29, 1.82) is 0 Å². The van der Waals surface area contributed by atoms with Crippen molar-refractivity contribution in [3.05, 3.63) is 77.0 Å². The minimum Gasteiger partial charge on any atom is -0.493 e. The number of hydrogen-bond acceptors (Lipinski definition) is 5. The van der Waals surface area contributed by atoms with Crippen LogP contribution in [0.2, 0.25) is 0 Å². The van der Waals surface area contributed by atoms with Crippen LogP contribution in [0.4, 0.5) is 0 Å². The highest BCUT2D eigenvalue weighted by Crippen LogP contribution is 2.28. The van der Waals surface area contributed by atoms with E-state index < -0.39 is 0 Å². The summed E-state index contributed by atoms with van der Waals surface area (Å²) in [4.78, 5) is 30.8. The largest absolute Gasteiger partial charge is 0.493 e. The molecule has 188 valence electrons. The number of amides is 1. The van der Waals surface area contributed by atoms with Crippen molar-refractivity contribution in [3.63, 3.8) is 0 Å². The van der Waals surface area contributed by atoms with Crippen LogP contribution in [-0.4, -0.2) is 40.8 Å². The molecule has 2 aromatic heterocycles. The molecule has 8 heteroatoms. The summed E-state index contributed by atoms with van der Waals surface area (Å²) in [5, 5.41) is 2.97. The number of rotatable bonds is 11. The number of fused-ring (bicyclic) bond motifs is 1. The molecule has 0 fully saturated rings. The van der Waals surface area contributed by atoms with E-state index >= 15 is 0 Å². The summed E-state index contributed by atoms with van der Waals surface area (Å²) >= 11 is 0. The van der Waals surface area contributed by atoms with E-state index in [2.05, 4.69) is 17.2 Å². The minimum atomic E-state index is -0.171. The van der Waals surface area contributed by atoms with Crippen molar-refractivity contribution in [2.75, 3.05) is 20.8 Å². The van der Waals surface area contributed by atoms with E-state index in [1.54, 1.807) is 29.7 Å². The Morgan fingerprint density at radius 3 is 2.53 bits per heavy atom. The third-order valence-electron chi connectivity index (χ3n) is 6.18. The second-order valence-corrected chi connectivity index (χ2v) is 8.62. The Morgan fingerprint density at radius 2 is 1.81 bits per heavy atom. The van der Waals surface area contributed by atoms with E-state index in [9.17, 15) is 9.59 Å². The van der Waals surface area contributed by atoms with Gasteiger partial charge < -0.3 is 19.4 Å². The lowest BCUT2D eigenvalue weighted by Crippen LogP contribution is -2.30. The van der Waals surface area contributed by atoms with Crippen LogP contribution in [0, 0.1) is 0 Å². The van der Waals surface area contributed by atoms with Crippen molar-refractivity contribution in [2.24, 2.45) is 0 Å². The molecular formula is C28H32N4O4. The third-order valence-corrected chi connectivity index (χ3v) is 6.18. The lowest BCUT2D eigenvalue weighted by molar-refractivity contribution is -0.121. The number of nitrogens with one attached hydrogen (secondary N) is 1. The maximum atomic E-state index is 13.3. The van der Waals surface area contributed by atoms with Crippen LogP contribution in [0.3, 0.4) is 0 Å². The van der Waals surface area contributed by atoms with E-state index in [0.29, 0.717) is 42.0 Å². The fourth-order valence-corrected chi connectivity index (χ4v) is 4.25. The van der Waals surface area contributed by atoms with Crippen molar-refractivity contribution < 1.29 is 14.3 Å². The molecule has 0 aliphatic carbocycles. The summed E-state index contributed by atoms with van der Waals surface area (Å²) in [5.41, 5.74) is 3.74. The van der Waals surface area contributed by atoms with Gasteiger partial charge in [0.2, 0.25) is 5.91 Å².